The Morgan fingerprint density at radius 2 is 1.70 bits per heavy atom. The summed E-state index contributed by atoms with van der Waals surface area (Å²) in [5.41, 5.74) is -0.455. The summed E-state index contributed by atoms with van der Waals surface area (Å²) in [6.07, 6.45) is 0. The number of methoxy groups -OCH3 is 2. The van der Waals surface area contributed by atoms with Crippen molar-refractivity contribution in [1.82, 2.24) is 0 Å². The maximum Gasteiger partial charge on any atom is 0.293 e. The topological polar surface area (TPSA) is 108 Å². The molecule has 0 heterocycles. The number of nitrogens with zero attached hydrogens (tertiary/aromatic N) is 1. The molecule has 8 nitrogen and oxygen atoms in total. The third-order valence-electron chi connectivity index (χ3n) is 3.01. The molecule has 0 aromatic heterocycles. The van der Waals surface area contributed by atoms with Crippen LogP contribution in [-0.2, 0) is 10.0 Å². The number of para-hydroxylation sites is 2. The molecule has 0 spiro atoms. The molecule has 2 rings (SSSR count). The summed E-state index contributed by atoms with van der Waals surface area (Å²) in [6, 6.07) is 9.51. The zero-order chi connectivity index (χ0) is 17.0. The average molecular weight is 338 g/mol. The molecular weight excluding hydrogens is 324 g/mol. The van der Waals surface area contributed by atoms with Gasteiger partial charge in [0.25, 0.3) is 15.7 Å². The van der Waals surface area contributed by atoms with Crippen LogP contribution in [-0.4, -0.2) is 27.6 Å². The van der Waals surface area contributed by atoms with Gasteiger partial charge in [-0.3, -0.25) is 14.8 Å². The molecule has 0 aliphatic rings. The fourth-order valence-electron chi connectivity index (χ4n) is 1.91. The van der Waals surface area contributed by atoms with Crippen molar-refractivity contribution in [3.8, 4) is 11.5 Å². The van der Waals surface area contributed by atoms with Gasteiger partial charge in [-0.25, -0.2) is 8.42 Å². The van der Waals surface area contributed by atoms with Gasteiger partial charge in [-0.15, -0.1) is 0 Å². The van der Waals surface area contributed by atoms with Crippen molar-refractivity contribution in [1.29, 1.82) is 0 Å². The molecule has 122 valence electrons. The summed E-state index contributed by atoms with van der Waals surface area (Å²) in [5.74, 6) is 0.607. The van der Waals surface area contributed by atoms with E-state index < -0.39 is 14.9 Å². The molecule has 0 radical (unpaired) electrons. The first kappa shape index (κ1) is 16.6. The predicted molar refractivity (Wildman–Crippen MR) is 83.5 cm³/mol. The minimum atomic E-state index is -4.02. The van der Waals surface area contributed by atoms with E-state index in [9.17, 15) is 18.5 Å². The zero-order valence-corrected chi connectivity index (χ0v) is 13.2. The first-order valence-electron chi connectivity index (χ1n) is 6.37. The van der Waals surface area contributed by atoms with Crippen LogP contribution in [0, 0.1) is 10.1 Å². The number of nitrogens with one attached hydrogen (secondary N) is 1. The lowest BCUT2D eigenvalue weighted by Gasteiger charge is -2.11. The average Bonchev–Trinajstić information content (AvgIpc) is 2.54. The van der Waals surface area contributed by atoms with Crippen molar-refractivity contribution in [3.63, 3.8) is 0 Å². The maximum atomic E-state index is 12.4. The van der Waals surface area contributed by atoms with E-state index in [4.69, 9.17) is 9.47 Å². The van der Waals surface area contributed by atoms with E-state index in [2.05, 4.69) is 4.72 Å². The van der Waals surface area contributed by atoms with Gasteiger partial charge < -0.3 is 9.47 Å². The Morgan fingerprint density at radius 3 is 2.30 bits per heavy atom. The van der Waals surface area contributed by atoms with E-state index in [0.29, 0.717) is 5.75 Å². The van der Waals surface area contributed by atoms with Gasteiger partial charge >= 0.3 is 0 Å². The Balaban J connectivity index is 2.42. The van der Waals surface area contributed by atoms with Crippen LogP contribution in [0.15, 0.2) is 47.4 Å². The molecule has 0 aliphatic carbocycles. The molecule has 0 unspecified atom stereocenters. The second-order valence-corrected chi connectivity index (χ2v) is 6.08. The Labute approximate surface area is 132 Å². The normalized spacial score (nSPS) is 10.9. The number of anilines is 1. The van der Waals surface area contributed by atoms with E-state index in [1.165, 1.54) is 56.7 Å². The highest BCUT2D eigenvalue weighted by Crippen LogP contribution is 2.31. The predicted octanol–water partition coefficient (Wildman–Crippen LogP) is 2.41. The third-order valence-corrected chi connectivity index (χ3v) is 4.37. The van der Waals surface area contributed by atoms with Crippen molar-refractivity contribution in [3.05, 3.63) is 52.6 Å². The maximum absolute atomic E-state index is 12.4. The first-order chi connectivity index (χ1) is 10.9. The second kappa shape index (κ2) is 6.53. The number of rotatable bonds is 6. The highest BCUT2D eigenvalue weighted by Gasteiger charge is 2.21. The minimum Gasteiger partial charge on any atom is -0.493 e. The number of hydrogen-bond acceptors (Lipinski definition) is 6. The summed E-state index contributed by atoms with van der Waals surface area (Å²) in [6.45, 7) is 0. The van der Waals surface area contributed by atoms with Gasteiger partial charge in [0, 0.05) is 12.1 Å². The number of nitro benzene ring substituents is 1. The Bertz CT molecular complexity index is 835. The SMILES string of the molecule is COc1ccc(S(=O)(=O)Nc2ccccc2[N+](=O)[O-])cc1OC. The molecule has 2 aromatic rings. The standard InChI is InChI=1S/C14H14N2O6S/c1-21-13-8-7-10(9-14(13)22-2)23(19,20)15-11-5-3-4-6-12(11)16(17)18/h3-9,15H,1-2H3. The quantitative estimate of drug-likeness (QED) is 0.640. The fourth-order valence-corrected chi connectivity index (χ4v) is 3.00. The first-order valence-corrected chi connectivity index (χ1v) is 7.85. The van der Waals surface area contributed by atoms with E-state index >= 15 is 0 Å². The highest BCUT2D eigenvalue weighted by molar-refractivity contribution is 7.92. The van der Waals surface area contributed by atoms with Gasteiger partial charge in [-0.05, 0) is 18.2 Å². The molecule has 0 bridgehead atoms. The zero-order valence-electron chi connectivity index (χ0n) is 12.3. The molecule has 1 N–H and O–H groups in total. The number of benzene rings is 2. The van der Waals surface area contributed by atoms with Crippen molar-refractivity contribution in [2.75, 3.05) is 18.9 Å². The molecule has 0 amide bonds. The fraction of sp³-hybridized carbons (Fsp3) is 0.143. The van der Waals surface area contributed by atoms with Crippen LogP contribution < -0.4 is 14.2 Å². The van der Waals surface area contributed by atoms with E-state index in [1.807, 2.05) is 0 Å². The van der Waals surface area contributed by atoms with Crippen LogP contribution in [0.4, 0.5) is 11.4 Å². The molecule has 0 saturated heterocycles. The van der Waals surface area contributed by atoms with Gasteiger partial charge in [0.05, 0.1) is 24.0 Å². The summed E-state index contributed by atoms with van der Waals surface area (Å²) >= 11 is 0. The van der Waals surface area contributed by atoms with Gasteiger partial charge in [0.15, 0.2) is 11.5 Å². The Kier molecular flexibility index (Phi) is 4.70. The summed E-state index contributed by atoms with van der Waals surface area (Å²) in [7, 11) is -1.21. The third kappa shape index (κ3) is 3.51. The van der Waals surface area contributed by atoms with E-state index in [-0.39, 0.29) is 22.0 Å². The van der Waals surface area contributed by atoms with Gasteiger partial charge in [0.2, 0.25) is 0 Å². The molecule has 9 heteroatoms. The number of sulfonamides is 1. The molecule has 0 aliphatic heterocycles. The van der Waals surface area contributed by atoms with Crippen molar-refractivity contribution >= 4 is 21.4 Å². The monoisotopic (exact) mass is 338 g/mol. The molecular formula is C14H14N2O6S. The van der Waals surface area contributed by atoms with Gasteiger partial charge in [-0.1, -0.05) is 12.1 Å². The molecule has 0 fully saturated rings. The number of hydrogen-bond donors (Lipinski definition) is 1. The summed E-state index contributed by atoms with van der Waals surface area (Å²) in [5, 5.41) is 11.0. The smallest absolute Gasteiger partial charge is 0.293 e. The minimum absolute atomic E-state index is 0.103. The van der Waals surface area contributed by atoms with Crippen molar-refractivity contribution < 1.29 is 22.8 Å². The van der Waals surface area contributed by atoms with E-state index in [0.717, 1.165) is 0 Å². The van der Waals surface area contributed by atoms with Crippen LogP contribution in [0.25, 0.3) is 0 Å². The van der Waals surface area contributed by atoms with Crippen LogP contribution in [0.3, 0.4) is 0 Å². The summed E-state index contributed by atoms with van der Waals surface area (Å²) < 4.78 is 37.1. The molecule has 0 atom stereocenters. The largest absolute Gasteiger partial charge is 0.493 e. The van der Waals surface area contributed by atoms with Crippen LogP contribution in [0.1, 0.15) is 0 Å². The van der Waals surface area contributed by atoms with Gasteiger partial charge in [-0.2, -0.15) is 0 Å². The number of nitro groups is 1. The molecule has 0 saturated carbocycles. The van der Waals surface area contributed by atoms with Crippen LogP contribution in [0.2, 0.25) is 0 Å². The van der Waals surface area contributed by atoms with Crippen molar-refractivity contribution in [2.45, 2.75) is 4.90 Å². The molecule has 2 aromatic carbocycles. The Morgan fingerprint density at radius 1 is 1.04 bits per heavy atom. The van der Waals surface area contributed by atoms with Gasteiger partial charge in [0.1, 0.15) is 5.69 Å². The lowest BCUT2D eigenvalue weighted by atomic mass is 10.3. The van der Waals surface area contributed by atoms with Crippen LogP contribution in [0.5, 0.6) is 11.5 Å². The highest BCUT2D eigenvalue weighted by atomic mass is 32.2. The summed E-state index contributed by atoms with van der Waals surface area (Å²) in [4.78, 5) is 10.2. The lowest BCUT2D eigenvalue weighted by Crippen LogP contribution is -2.14. The lowest BCUT2D eigenvalue weighted by molar-refractivity contribution is -0.383. The second-order valence-electron chi connectivity index (χ2n) is 4.40. The molecule has 23 heavy (non-hydrogen) atoms. The van der Waals surface area contributed by atoms with E-state index in [1.54, 1.807) is 0 Å². The van der Waals surface area contributed by atoms with Crippen LogP contribution >= 0.6 is 0 Å². The Hall–Kier alpha value is -2.81. The number of ether oxygens (including phenoxy) is 2. The van der Waals surface area contributed by atoms with Crippen molar-refractivity contribution in [2.24, 2.45) is 0 Å².